The van der Waals surface area contributed by atoms with E-state index in [-0.39, 0.29) is 23.8 Å². The van der Waals surface area contributed by atoms with E-state index >= 15 is 0 Å². The highest BCUT2D eigenvalue weighted by Crippen LogP contribution is 2.28. The standard InChI is InChI=1S/C30H31NO5/c1-18(2)27(31-28(33)20-10-13-22(14-11-20)30(3,4)5)29(34)35-17-21-16-25(32)36-24-15-12-19-8-6-7-9-23(19)26(21)24/h6-16,18,27H,17H2,1-5H3,(H,31,33)/t27-/m0/s1. The lowest BCUT2D eigenvalue weighted by Gasteiger charge is -2.22. The Morgan fingerprint density at radius 3 is 2.33 bits per heavy atom. The van der Waals surface area contributed by atoms with Crippen LogP contribution < -0.4 is 10.9 Å². The lowest BCUT2D eigenvalue weighted by atomic mass is 9.86. The molecule has 1 amide bonds. The van der Waals surface area contributed by atoms with Gasteiger partial charge in [0.1, 0.15) is 18.2 Å². The van der Waals surface area contributed by atoms with Crippen molar-refractivity contribution in [2.24, 2.45) is 5.92 Å². The number of esters is 1. The Kier molecular flexibility index (Phi) is 6.97. The first-order chi connectivity index (χ1) is 17.0. The maximum atomic E-state index is 13.1. The Morgan fingerprint density at radius 2 is 1.67 bits per heavy atom. The number of fused-ring (bicyclic) bond motifs is 3. The average molecular weight is 486 g/mol. The second-order valence-corrected chi connectivity index (χ2v) is 10.4. The molecule has 0 fully saturated rings. The molecule has 0 unspecified atom stereocenters. The number of carbonyl (C=O) groups excluding carboxylic acids is 2. The number of hydrogen-bond acceptors (Lipinski definition) is 5. The Morgan fingerprint density at radius 1 is 0.972 bits per heavy atom. The zero-order valence-electron chi connectivity index (χ0n) is 21.3. The molecule has 6 heteroatoms. The molecule has 0 aliphatic heterocycles. The first kappa shape index (κ1) is 25.2. The van der Waals surface area contributed by atoms with Crippen LogP contribution in [0.1, 0.15) is 56.1 Å². The minimum atomic E-state index is -0.845. The number of rotatable bonds is 6. The van der Waals surface area contributed by atoms with Crippen LogP contribution in [-0.2, 0) is 21.6 Å². The van der Waals surface area contributed by atoms with Crippen LogP contribution in [0.25, 0.3) is 21.7 Å². The van der Waals surface area contributed by atoms with Crippen LogP contribution in [0.15, 0.2) is 75.9 Å². The predicted octanol–water partition coefficient (Wildman–Crippen LogP) is 5.74. The molecule has 1 N–H and O–H groups in total. The average Bonchev–Trinajstić information content (AvgIpc) is 2.84. The summed E-state index contributed by atoms with van der Waals surface area (Å²) in [6.07, 6.45) is 0. The molecule has 186 valence electrons. The molecule has 1 heterocycles. The van der Waals surface area contributed by atoms with Crippen LogP contribution >= 0.6 is 0 Å². The Balaban J connectivity index is 1.54. The summed E-state index contributed by atoms with van der Waals surface area (Å²) in [6, 6.07) is 19.2. The zero-order chi connectivity index (χ0) is 26.0. The van der Waals surface area contributed by atoms with E-state index in [2.05, 4.69) is 26.1 Å². The fourth-order valence-electron chi connectivity index (χ4n) is 4.22. The third kappa shape index (κ3) is 5.33. The van der Waals surface area contributed by atoms with E-state index in [1.807, 2.05) is 56.3 Å². The van der Waals surface area contributed by atoms with Crippen molar-refractivity contribution >= 4 is 33.6 Å². The molecule has 6 nitrogen and oxygen atoms in total. The molecule has 0 saturated heterocycles. The molecule has 3 aromatic carbocycles. The van der Waals surface area contributed by atoms with Crippen LogP contribution in [0.3, 0.4) is 0 Å². The molecular weight excluding hydrogens is 454 g/mol. The number of benzene rings is 3. The van der Waals surface area contributed by atoms with Gasteiger partial charge in [-0.05, 0) is 45.9 Å². The number of ether oxygens (including phenoxy) is 1. The highest BCUT2D eigenvalue weighted by atomic mass is 16.5. The lowest BCUT2D eigenvalue weighted by molar-refractivity contribution is -0.148. The van der Waals surface area contributed by atoms with Gasteiger partial charge in [-0.2, -0.15) is 0 Å². The first-order valence-corrected chi connectivity index (χ1v) is 12.1. The highest BCUT2D eigenvalue weighted by molar-refractivity contribution is 6.07. The number of amides is 1. The van der Waals surface area contributed by atoms with Gasteiger partial charge in [0.05, 0.1) is 0 Å². The number of nitrogens with one attached hydrogen (secondary N) is 1. The molecular formula is C30H31NO5. The second-order valence-electron chi connectivity index (χ2n) is 10.4. The van der Waals surface area contributed by atoms with Crippen LogP contribution in [-0.4, -0.2) is 17.9 Å². The summed E-state index contributed by atoms with van der Waals surface area (Å²) in [5, 5.41) is 5.42. The Bertz CT molecular complexity index is 1480. The van der Waals surface area contributed by atoms with Gasteiger partial charge in [0, 0.05) is 22.6 Å². The van der Waals surface area contributed by atoms with E-state index in [4.69, 9.17) is 9.15 Å². The topological polar surface area (TPSA) is 85.6 Å². The van der Waals surface area contributed by atoms with Gasteiger partial charge in [0.2, 0.25) is 0 Å². The first-order valence-electron chi connectivity index (χ1n) is 12.1. The van der Waals surface area contributed by atoms with Crippen molar-refractivity contribution in [2.75, 3.05) is 0 Å². The van der Waals surface area contributed by atoms with Crippen molar-refractivity contribution in [1.82, 2.24) is 5.32 Å². The minimum Gasteiger partial charge on any atom is -0.459 e. The molecule has 0 saturated carbocycles. The van der Waals surface area contributed by atoms with Crippen molar-refractivity contribution in [1.29, 1.82) is 0 Å². The fraction of sp³-hybridized carbons (Fsp3) is 0.300. The third-order valence-electron chi connectivity index (χ3n) is 6.30. The van der Waals surface area contributed by atoms with Gasteiger partial charge in [-0.15, -0.1) is 0 Å². The lowest BCUT2D eigenvalue weighted by Crippen LogP contribution is -2.45. The van der Waals surface area contributed by atoms with Crippen LogP contribution in [0.4, 0.5) is 0 Å². The summed E-state index contributed by atoms with van der Waals surface area (Å²) in [6.45, 7) is 9.89. The number of carbonyl (C=O) groups is 2. The molecule has 0 bridgehead atoms. The molecule has 4 aromatic rings. The van der Waals surface area contributed by atoms with Crippen molar-refractivity contribution in [3.63, 3.8) is 0 Å². The van der Waals surface area contributed by atoms with Gasteiger partial charge in [0.25, 0.3) is 5.91 Å². The van der Waals surface area contributed by atoms with Crippen molar-refractivity contribution in [2.45, 2.75) is 52.7 Å². The van der Waals surface area contributed by atoms with Gasteiger partial charge in [-0.25, -0.2) is 9.59 Å². The molecule has 0 radical (unpaired) electrons. The molecule has 0 aliphatic carbocycles. The maximum Gasteiger partial charge on any atom is 0.336 e. The van der Waals surface area contributed by atoms with Gasteiger partial charge < -0.3 is 14.5 Å². The quantitative estimate of drug-likeness (QED) is 0.214. The van der Waals surface area contributed by atoms with Gasteiger partial charge in [0.15, 0.2) is 0 Å². The summed E-state index contributed by atoms with van der Waals surface area (Å²) in [5.74, 6) is -1.11. The van der Waals surface area contributed by atoms with E-state index in [1.165, 1.54) is 6.07 Å². The summed E-state index contributed by atoms with van der Waals surface area (Å²) < 4.78 is 11.0. The van der Waals surface area contributed by atoms with E-state index in [0.29, 0.717) is 16.7 Å². The Labute approximate surface area is 210 Å². The van der Waals surface area contributed by atoms with Crippen LogP contribution in [0, 0.1) is 5.92 Å². The SMILES string of the molecule is CC(C)[C@H](NC(=O)c1ccc(C(C)(C)C)cc1)C(=O)OCc1cc(=O)oc2ccc3ccccc3c12. The summed E-state index contributed by atoms with van der Waals surface area (Å²) in [7, 11) is 0. The normalized spacial score (nSPS) is 12.6. The van der Waals surface area contributed by atoms with E-state index in [0.717, 1.165) is 21.7 Å². The Hall–Kier alpha value is -3.93. The molecule has 0 spiro atoms. The fourth-order valence-corrected chi connectivity index (χ4v) is 4.22. The van der Waals surface area contributed by atoms with E-state index < -0.39 is 17.6 Å². The summed E-state index contributed by atoms with van der Waals surface area (Å²) in [4.78, 5) is 38.1. The molecule has 36 heavy (non-hydrogen) atoms. The minimum absolute atomic E-state index is 0.0244. The van der Waals surface area contributed by atoms with E-state index in [1.54, 1.807) is 18.2 Å². The number of hydrogen-bond donors (Lipinski definition) is 1. The van der Waals surface area contributed by atoms with Gasteiger partial charge in [-0.3, -0.25) is 4.79 Å². The van der Waals surface area contributed by atoms with Crippen LogP contribution in [0.2, 0.25) is 0 Å². The second kappa shape index (κ2) is 9.97. The summed E-state index contributed by atoms with van der Waals surface area (Å²) >= 11 is 0. The van der Waals surface area contributed by atoms with Gasteiger partial charge in [-0.1, -0.05) is 77.1 Å². The van der Waals surface area contributed by atoms with Crippen molar-refractivity contribution in [3.8, 4) is 0 Å². The molecule has 1 aromatic heterocycles. The van der Waals surface area contributed by atoms with Crippen molar-refractivity contribution < 1.29 is 18.7 Å². The smallest absolute Gasteiger partial charge is 0.336 e. The van der Waals surface area contributed by atoms with Crippen molar-refractivity contribution in [3.05, 3.63) is 93.8 Å². The maximum absolute atomic E-state index is 13.1. The molecule has 4 rings (SSSR count). The largest absolute Gasteiger partial charge is 0.459 e. The summed E-state index contributed by atoms with van der Waals surface area (Å²) in [5.41, 5.74) is 2.03. The molecule has 0 aliphatic rings. The highest BCUT2D eigenvalue weighted by Gasteiger charge is 2.27. The van der Waals surface area contributed by atoms with Crippen LogP contribution in [0.5, 0.6) is 0 Å². The monoisotopic (exact) mass is 485 g/mol. The third-order valence-corrected chi connectivity index (χ3v) is 6.30. The van der Waals surface area contributed by atoms with E-state index in [9.17, 15) is 14.4 Å². The molecule has 1 atom stereocenters. The van der Waals surface area contributed by atoms with Gasteiger partial charge >= 0.3 is 11.6 Å². The predicted molar refractivity (Wildman–Crippen MR) is 141 cm³/mol. The zero-order valence-corrected chi connectivity index (χ0v) is 21.3.